The molecule has 0 spiro atoms. The summed E-state index contributed by atoms with van der Waals surface area (Å²) in [5.74, 6) is 1.08. The van der Waals surface area contributed by atoms with Crippen LogP contribution in [0.1, 0.15) is 24.2 Å². The lowest BCUT2D eigenvalue weighted by molar-refractivity contribution is -0.385. The predicted octanol–water partition coefficient (Wildman–Crippen LogP) is 2.23. The standard InChI is InChI=1S/C17H20N4O5S/c1-12-3-4-14(21(22)23)11-16(12)27(24,25)20-9-6-15(7-10-20)26-17-5-8-18-13(2)19-17/h3-5,8,11,15H,6-7,9-10H2,1-2H3. The summed E-state index contributed by atoms with van der Waals surface area (Å²) >= 11 is 0. The Hall–Kier alpha value is -2.59. The summed E-state index contributed by atoms with van der Waals surface area (Å²) in [7, 11) is -3.80. The largest absolute Gasteiger partial charge is 0.474 e. The molecular formula is C17H20N4O5S. The van der Waals surface area contributed by atoms with Gasteiger partial charge in [-0.1, -0.05) is 6.07 Å². The predicted molar refractivity (Wildman–Crippen MR) is 97.0 cm³/mol. The molecule has 1 aromatic carbocycles. The summed E-state index contributed by atoms with van der Waals surface area (Å²) in [5, 5.41) is 11.0. The maximum atomic E-state index is 12.9. The van der Waals surface area contributed by atoms with Gasteiger partial charge < -0.3 is 4.74 Å². The third-order valence-electron chi connectivity index (χ3n) is 4.44. The van der Waals surface area contributed by atoms with Gasteiger partial charge >= 0.3 is 0 Å². The second-order valence-corrected chi connectivity index (χ2v) is 8.28. The van der Waals surface area contributed by atoms with E-state index < -0.39 is 14.9 Å². The first-order chi connectivity index (χ1) is 12.8. The number of hydrogen-bond acceptors (Lipinski definition) is 7. The van der Waals surface area contributed by atoms with Crippen LogP contribution in [0.3, 0.4) is 0 Å². The van der Waals surface area contributed by atoms with Crippen molar-refractivity contribution in [3.63, 3.8) is 0 Å². The maximum absolute atomic E-state index is 12.9. The fourth-order valence-electron chi connectivity index (χ4n) is 2.98. The second-order valence-electron chi connectivity index (χ2n) is 6.37. The molecule has 1 aromatic heterocycles. The molecule has 27 heavy (non-hydrogen) atoms. The normalized spacial score (nSPS) is 16.2. The van der Waals surface area contributed by atoms with E-state index in [9.17, 15) is 18.5 Å². The highest BCUT2D eigenvalue weighted by Crippen LogP contribution is 2.27. The minimum atomic E-state index is -3.80. The van der Waals surface area contributed by atoms with E-state index in [-0.39, 0.29) is 29.8 Å². The molecule has 1 fully saturated rings. The topological polar surface area (TPSA) is 116 Å². The Labute approximate surface area is 157 Å². The van der Waals surface area contributed by atoms with Crippen LogP contribution >= 0.6 is 0 Å². The summed E-state index contributed by atoms with van der Waals surface area (Å²) < 4.78 is 33.0. The van der Waals surface area contributed by atoms with Crippen LogP contribution in [0.2, 0.25) is 0 Å². The molecule has 3 rings (SSSR count). The fraction of sp³-hybridized carbons (Fsp3) is 0.412. The smallest absolute Gasteiger partial charge is 0.270 e. The number of rotatable bonds is 5. The minimum Gasteiger partial charge on any atom is -0.474 e. The Kier molecular flexibility index (Phi) is 5.38. The number of non-ortho nitro benzene ring substituents is 1. The number of hydrogen-bond donors (Lipinski definition) is 0. The number of sulfonamides is 1. The Morgan fingerprint density at radius 3 is 2.56 bits per heavy atom. The first-order valence-corrected chi connectivity index (χ1v) is 9.93. The van der Waals surface area contributed by atoms with Crippen molar-refractivity contribution in [3.8, 4) is 5.88 Å². The van der Waals surface area contributed by atoms with E-state index in [1.807, 2.05) is 0 Å². The van der Waals surface area contributed by atoms with E-state index in [1.54, 1.807) is 26.1 Å². The summed E-state index contributed by atoms with van der Waals surface area (Å²) in [5.41, 5.74) is 0.243. The van der Waals surface area contributed by atoms with Gasteiger partial charge in [-0.05, 0) is 32.3 Å². The van der Waals surface area contributed by atoms with Gasteiger partial charge in [-0.15, -0.1) is 0 Å². The van der Waals surface area contributed by atoms with Crippen LogP contribution in [0.25, 0.3) is 0 Å². The zero-order valence-electron chi connectivity index (χ0n) is 15.0. The van der Waals surface area contributed by atoms with Gasteiger partial charge in [0, 0.05) is 37.5 Å². The molecule has 1 aliphatic heterocycles. The molecule has 10 heteroatoms. The van der Waals surface area contributed by atoms with Crippen molar-refractivity contribution in [1.82, 2.24) is 14.3 Å². The van der Waals surface area contributed by atoms with E-state index in [0.29, 0.717) is 30.1 Å². The average molecular weight is 392 g/mol. The van der Waals surface area contributed by atoms with Gasteiger partial charge in [0.25, 0.3) is 5.69 Å². The van der Waals surface area contributed by atoms with Crippen LogP contribution in [0.15, 0.2) is 35.4 Å². The molecule has 0 radical (unpaired) electrons. The van der Waals surface area contributed by atoms with Gasteiger partial charge in [0.1, 0.15) is 11.9 Å². The van der Waals surface area contributed by atoms with Crippen molar-refractivity contribution >= 4 is 15.7 Å². The third-order valence-corrected chi connectivity index (χ3v) is 6.48. The molecule has 1 saturated heterocycles. The van der Waals surface area contributed by atoms with Gasteiger partial charge in [-0.2, -0.15) is 9.29 Å². The number of benzene rings is 1. The van der Waals surface area contributed by atoms with Crippen LogP contribution in [0, 0.1) is 24.0 Å². The highest BCUT2D eigenvalue weighted by Gasteiger charge is 2.32. The van der Waals surface area contributed by atoms with Crippen LogP contribution in [0.5, 0.6) is 5.88 Å². The third kappa shape index (κ3) is 4.22. The van der Waals surface area contributed by atoms with Gasteiger partial charge in [-0.25, -0.2) is 13.4 Å². The molecular weight excluding hydrogens is 372 g/mol. The maximum Gasteiger partial charge on any atom is 0.270 e. The second kappa shape index (κ2) is 7.57. The molecule has 0 bridgehead atoms. The molecule has 1 aliphatic rings. The molecule has 0 saturated carbocycles. The molecule has 9 nitrogen and oxygen atoms in total. The van der Waals surface area contributed by atoms with E-state index in [1.165, 1.54) is 16.4 Å². The van der Waals surface area contributed by atoms with E-state index in [4.69, 9.17) is 4.74 Å². The molecule has 0 atom stereocenters. The van der Waals surface area contributed by atoms with Crippen molar-refractivity contribution in [2.75, 3.05) is 13.1 Å². The summed E-state index contributed by atoms with van der Waals surface area (Å²) in [6, 6.07) is 5.55. The molecule has 0 aliphatic carbocycles. The van der Waals surface area contributed by atoms with Crippen molar-refractivity contribution < 1.29 is 18.1 Å². The Balaban J connectivity index is 1.71. The first kappa shape index (κ1) is 19.2. The molecule has 144 valence electrons. The monoisotopic (exact) mass is 392 g/mol. The molecule has 2 aromatic rings. The lowest BCUT2D eigenvalue weighted by atomic mass is 10.1. The lowest BCUT2D eigenvalue weighted by Gasteiger charge is -2.31. The quantitative estimate of drug-likeness (QED) is 0.566. The van der Waals surface area contributed by atoms with Crippen LogP contribution in [-0.4, -0.2) is 46.8 Å². The zero-order chi connectivity index (χ0) is 19.6. The lowest BCUT2D eigenvalue weighted by Crippen LogP contribution is -2.42. The van der Waals surface area contributed by atoms with Gasteiger partial charge in [0.15, 0.2) is 0 Å². The number of nitrogens with zero attached hydrogens (tertiary/aromatic N) is 4. The van der Waals surface area contributed by atoms with E-state index in [2.05, 4.69) is 9.97 Å². The number of aromatic nitrogens is 2. The number of ether oxygens (including phenoxy) is 1. The Bertz CT molecular complexity index is 956. The van der Waals surface area contributed by atoms with Gasteiger partial charge in [0.05, 0.1) is 9.82 Å². The van der Waals surface area contributed by atoms with Crippen molar-refractivity contribution in [3.05, 3.63) is 52.0 Å². The Morgan fingerprint density at radius 1 is 1.22 bits per heavy atom. The van der Waals surface area contributed by atoms with Crippen molar-refractivity contribution in [2.45, 2.75) is 37.7 Å². The van der Waals surface area contributed by atoms with E-state index in [0.717, 1.165) is 6.07 Å². The van der Waals surface area contributed by atoms with E-state index >= 15 is 0 Å². The SMILES string of the molecule is Cc1nccc(OC2CCN(S(=O)(=O)c3cc([N+](=O)[O-])ccc3C)CC2)n1. The Morgan fingerprint density at radius 2 is 1.93 bits per heavy atom. The number of nitro benzene ring substituents is 1. The van der Waals surface area contributed by atoms with Crippen molar-refractivity contribution in [1.29, 1.82) is 0 Å². The fourth-order valence-corrected chi connectivity index (χ4v) is 4.69. The number of nitro groups is 1. The van der Waals surface area contributed by atoms with Crippen molar-refractivity contribution in [2.24, 2.45) is 0 Å². The summed E-state index contributed by atoms with van der Waals surface area (Å²) in [4.78, 5) is 18.6. The molecule has 0 unspecified atom stereocenters. The van der Waals surface area contributed by atoms with Gasteiger partial charge in [-0.3, -0.25) is 10.1 Å². The first-order valence-electron chi connectivity index (χ1n) is 8.49. The molecule has 0 amide bonds. The summed E-state index contributed by atoms with van der Waals surface area (Å²) in [6.45, 7) is 3.95. The molecule has 2 heterocycles. The summed E-state index contributed by atoms with van der Waals surface area (Å²) in [6.07, 6.45) is 2.49. The van der Waals surface area contributed by atoms with Crippen LogP contribution < -0.4 is 4.74 Å². The zero-order valence-corrected chi connectivity index (χ0v) is 15.8. The van der Waals surface area contributed by atoms with Crippen LogP contribution in [-0.2, 0) is 10.0 Å². The average Bonchev–Trinajstić information content (AvgIpc) is 2.62. The highest BCUT2D eigenvalue weighted by atomic mass is 32.2. The number of aryl methyl sites for hydroxylation is 2. The molecule has 0 N–H and O–H groups in total. The minimum absolute atomic E-state index is 0.0255. The van der Waals surface area contributed by atoms with Gasteiger partial charge in [0.2, 0.25) is 15.9 Å². The van der Waals surface area contributed by atoms with Crippen LogP contribution in [0.4, 0.5) is 5.69 Å². The highest BCUT2D eigenvalue weighted by molar-refractivity contribution is 7.89. The number of piperidine rings is 1.